The second kappa shape index (κ2) is 9.41. The molecule has 2 amide bonds. The van der Waals surface area contributed by atoms with E-state index in [-0.39, 0.29) is 30.6 Å². The molecule has 4 aromatic rings. The average molecular weight is 471 g/mol. The zero-order valence-electron chi connectivity index (χ0n) is 17.3. The third-order valence-corrected chi connectivity index (χ3v) is 6.26. The van der Waals surface area contributed by atoms with E-state index in [2.05, 4.69) is 15.3 Å². The lowest BCUT2D eigenvalue weighted by atomic mass is 10.2. The van der Waals surface area contributed by atoms with Gasteiger partial charge in [-0.25, -0.2) is 14.4 Å². The first-order valence-corrected chi connectivity index (χ1v) is 11.4. The molecule has 0 bridgehead atoms. The van der Waals surface area contributed by atoms with Gasteiger partial charge in [0.1, 0.15) is 11.6 Å². The van der Waals surface area contributed by atoms with Crippen LogP contribution in [0.3, 0.4) is 0 Å². The summed E-state index contributed by atoms with van der Waals surface area (Å²) in [5.41, 5.74) is 2.28. The zero-order chi connectivity index (χ0) is 22.7. The number of furan rings is 1. The number of thiazole rings is 2. The minimum atomic E-state index is -0.376. The maximum Gasteiger partial charge on any atom is 0.260 e. The van der Waals surface area contributed by atoms with E-state index >= 15 is 0 Å². The van der Waals surface area contributed by atoms with Gasteiger partial charge in [0.25, 0.3) is 5.91 Å². The first-order valence-electron chi connectivity index (χ1n) is 9.66. The third kappa shape index (κ3) is 5.09. The molecule has 7 nitrogen and oxygen atoms in total. The first-order chi connectivity index (χ1) is 15.4. The van der Waals surface area contributed by atoms with Crippen LogP contribution >= 0.6 is 22.7 Å². The van der Waals surface area contributed by atoms with Crippen LogP contribution in [0.1, 0.15) is 32.5 Å². The highest BCUT2D eigenvalue weighted by molar-refractivity contribution is 7.14. The Balaban J connectivity index is 1.48. The van der Waals surface area contributed by atoms with Gasteiger partial charge in [0.15, 0.2) is 5.13 Å². The number of carbonyl (C=O) groups is 2. The molecule has 0 saturated heterocycles. The molecule has 0 aliphatic heterocycles. The lowest BCUT2D eigenvalue weighted by Gasteiger charge is -2.22. The number of amides is 2. The van der Waals surface area contributed by atoms with Crippen LogP contribution in [0.5, 0.6) is 0 Å². The highest BCUT2D eigenvalue weighted by atomic mass is 32.1. The van der Waals surface area contributed by atoms with Crippen LogP contribution in [-0.2, 0) is 17.8 Å². The van der Waals surface area contributed by atoms with Gasteiger partial charge < -0.3 is 9.32 Å². The predicted molar refractivity (Wildman–Crippen MR) is 122 cm³/mol. The van der Waals surface area contributed by atoms with Gasteiger partial charge in [0, 0.05) is 16.4 Å². The van der Waals surface area contributed by atoms with E-state index in [1.807, 2.05) is 12.3 Å². The van der Waals surface area contributed by atoms with Gasteiger partial charge in [-0.3, -0.25) is 14.9 Å². The summed E-state index contributed by atoms with van der Waals surface area (Å²) in [4.78, 5) is 35.8. The molecule has 0 saturated carbocycles. The van der Waals surface area contributed by atoms with Crippen LogP contribution in [0.15, 0.2) is 51.8 Å². The number of hydrogen-bond acceptors (Lipinski definition) is 7. The molecule has 164 valence electrons. The average Bonchev–Trinajstić information content (AvgIpc) is 3.49. The van der Waals surface area contributed by atoms with E-state index in [0.29, 0.717) is 27.8 Å². The molecular formula is C22H19FN4O3S2. The fraction of sp³-hybridized carbons (Fsp3) is 0.182. The van der Waals surface area contributed by atoms with Crippen LogP contribution in [0, 0.1) is 19.7 Å². The van der Waals surface area contributed by atoms with Crippen molar-refractivity contribution < 1.29 is 18.4 Å². The van der Waals surface area contributed by atoms with Gasteiger partial charge in [-0.1, -0.05) is 0 Å². The molecule has 10 heteroatoms. The van der Waals surface area contributed by atoms with Crippen LogP contribution in [0.25, 0.3) is 0 Å². The van der Waals surface area contributed by atoms with Crippen molar-refractivity contribution >= 4 is 45.3 Å². The van der Waals surface area contributed by atoms with Crippen molar-refractivity contribution in [3.8, 4) is 0 Å². The Morgan fingerprint density at radius 1 is 1.06 bits per heavy atom. The molecule has 3 heterocycles. The maximum atomic E-state index is 13.4. The van der Waals surface area contributed by atoms with Crippen molar-refractivity contribution in [2.45, 2.75) is 26.8 Å². The van der Waals surface area contributed by atoms with Gasteiger partial charge >= 0.3 is 0 Å². The van der Waals surface area contributed by atoms with Crippen molar-refractivity contribution in [3.63, 3.8) is 0 Å². The van der Waals surface area contributed by atoms with E-state index in [9.17, 15) is 14.0 Å². The number of benzene rings is 1. The molecule has 0 unspecified atom stereocenters. The largest absolute Gasteiger partial charge is 0.469 e. The Hall–Kier alpha value is -3.37. The van der Waals surface area contributed by atoms with E-state index in [1.54, 1.807) is 35.4 Å². The number of rotatable bonds is 7. The molecule has 3 aromatic heterocycles. The van der Waals surface area contributed by atoms with Crippen LogP contribution < -0.4 is 10.2 Å². The summed E-state index contributed by atoms with van der Waals surface area (Å²) in [6, 6.07) is 7.34. The molecule has 0 fully saturated rings. The number of aromatic nitrogens is 2. The quantitative estimate of drug-likeness (QED) is 0.412. The maximum absolute atomic E-state index is 13.4. The lowest BCUT2D eigenvalue weighted by molar-refractivity contribution is -0.118. The normalized spacial score (nSPS) is 10.8. The fourth-order valence-electron chi connectivity index (χ4n) is 3.07. The van der Waals surface area contributed by atoms with Crippen molar-refractivity contribution in [2.24, 2.45) is 0 Å². The summed E-state index contributed by atoms with van der Waals surface area (Å²) in [6.07, 6.45) is 1.47. The van der Waals surface area contributed by atoms with Crippen LogP contribution in [0.2, 0.25) is 0 Å². The van der Waals surface area contributed by atoms with Gasteiger partial charge in [-0.2, -0.15) is 0 Å². The van der Waals surface area contributed by atoms with E-state index < -0.39 is 0 Å². The monoisotopic (exact) mass is 470 g/mol. The molecule has 0 aliphatic carbocycles. The van der Waals surface area contributed by atoms with E-state index in [4.69, 9.17) is 4.42 Å². The molecule has 0 radical (unpaired) electrons. The van der Waals surface area contributed by atoms with Crippen molar-refractivity contribution in [1.82, 2.24) is 9.97 Å². The van der Waals surface area contributed by atoms with Gasteiger partial charge in [-0.05, 0) is 44.2 Å². The summed E-state index contributed by atoms with van der Waals surface area (Å²) < 4.78 is 18.6. The molecule has 1 N–H and O–H groups in total. The summed E-state index contributed by atoms with van der Waals surface area (Å²) in [5.74, 6) is -0.397. The van der Waals surface area contributed by atoms with Gasteiger partial charge in [0.2, 0.25) is 5.91 Å². The Kier molecular flexibility index (Phi) is 6.42. The van der Waals surface area contributed by atoms with Crippen molar-refractivity contribution in [1.29, 1.82) is 0 Å². The summed E-state index contributed by atoms with van der Waals surface area (Å²) >= 11 is 2.74. The lowest BCUT2D eigenvalue weighted by Crippen LogP contribution is -2.32. The van der Waals surface area contributed by atoms with Gasteiger partial charge in [0.05, 0.1) is 41.2 Å². The van der Waals surface area contributed by atoms with Crippen molar-refractivity contribution in [3.05, 3.63) is 80.9 Å². The number of nitrogens with zero attached hydrogens (tertiary/aromatic N) is 3. The fourth-order valence-corrected chi connectivity index (χ4v) is 4.38. The summed E-state index contributed by atoms with van der Waals surface area (Å²) in [6.45, 7) is 3.87. The summed E-state index contributed by atoms with van der Waals surface area (Å²) in [7, 11) is 0. The molecule has 0 atom stereocenters. The smallest absolute Gasteiger partial charge is 0.260 e. The predicted octanol–water partition coefficient (Wildman–Crippen LogP) is 4.98. The number of anilines is 2. The molecule has 1 aromatic carbocycles. The molecule has 4 rings (SSSR count). The number of carbonyl (C=O) groups excluding carboxylic acids is 2. The standard InChI is InChI=1S/C22H19FN4O3S2/c1-13-19(7-8-30-13)21(29)26-22-25-16(11-32-22)9-20(28)27(10-17-12-31-14(2)24-17)18-5-3-15(23)4-6-18/h3-8,11-12H,9-10H2,1-2H3,(H,25,26,29). The highest BCUT2D eigenvalue weighted by Gasteiger charge is 2.20. The SMILES string of the molecule is Cc1nc(CN(C(=O)Cc2csc(NC(=O)c3ccoc3C)n2)c2ccc(F)cc2)cs1. The molecular weight excluding hydrogens is 451 g/mol. The second-order valence-corrected chi connectivity index (χ2v) is 8.90. The van der Waals surface area contributed by atoms with Gasteiger partial charge in [-0.15, -0.1) is 22.7 Å². The second-order valence-electron chi connectivity index (χ2n) is 6.98. The number of aryl methyl sites for hydroxylation is 2. The minimum absolute atomic E-state index is 0.0254. The minimum Gasteiger partial charge on any atom is -0.469 e. The molecule has 32 heavy (non-hydrogen) atoms. The molecule has 0 aliphatic rings. The van der Waals surface area contributed by atoms with Crippen LogP contribution in [0.4, 0.5) is 15.2 Å². The van der Waals surface area contributed by atoms with E-state index in [0.717, 1.165) is 10.7 Å². The Labute approximate surface area is 191 Å². The Morgan fingerprint density at radius 3 is 2.47 bits per heavy atom. The zero-order valence-corrected chi connectivity index (χ0v) is 18.9. The first kappa shape index (κ1) is 21.8. The van der Waals surface area contributed by atoms with E-state index in [1.165, 1.54) is 41.1 Å². The number of halogens is 1. The Morgan fingerprint density at radius 2 is 1.81 bits per heavy atom. The third-order valence-electron chi connectivity index (χ3n) is 4.63. The topological polar surface area (TPSA) is 88.3 Å². The summed E-state index contributed by atoms with van der Waals surface area (Å²) in [5, 5.41) is 7.64. The number of nitrogens with one attached hydrogen (secondary N) is 1. The van der Waals surface area contributed by atoms with Crippen molar-refractivity contribution in [2.75, 3.05) is 10.2 Å². The highest BCUT2D eigenvalue weighted by Crippen LogP contribution is 2.23. The van der Waals surface area contributed by atoms with Crippen LogP contribution in [-0.4, -0.2) is 21.8 Å². The molecule has 0 spiro atoms. The Bertz CT molecular complexity index is 1250. The number of hydrogen-bond donors (Lipinski definition) is 1.